The van der Waals surface area contributed by atoms with Crippen LogP contribution in [0.4, 0.5) is 0 Å². The van der Waals surface area contributed by atoms with Crippen LogP contribution in [0, 0.1) is 5.41 Å². The van der Waals surface area contributed by atoms with Crippen LogP contribution < -0.4 is 15.4 Å². The molecule has 0 atom stereocenters. The van der Waals surface area contributed by atoms with Crippen molar-refractivity contribution in [1.29, 1.82) is 0 Å². The minimum absolute atomic E-state index is 0. The molecule has 1 heterocycles. The number of hydrogen-bond acceptors (Lipinski definition) is 4. The molecule has 0 amide bonds. The fraction of sp³-hybridized carbons (Fsp3) is 0.700. The summed E-state index contributed by atoms with van der Waals surface area (Å²) in [6.45, 7) is 9.28. The van der Waals surface area contributed by atoms with Crippen LogP contribution in [-0.2, 0) is 11.3 Å². The van der Waals surface area contributed by atoms with Crippen LogP contribution in [0.3, 0.4) is 0 Å². The van der Waals surface area contributed by atoms with E-state index in [4.69, 9.17) is 14.5 Å². The summed E-state index contributed by atoms with van der Waals surface area (Å²) < 4.78 is 10.9. The lowest BCUT2D eigenvalue weighted by Crippen LogP contribution is -2.46. The van der Waals surface area contributed by atoms with Crippen molar-refractivity contribution < 1.29 is 9.47 Å². The third kappa shape index (κ3) is 8.21. The van der Waals surface area contributed by atoms with Crippen LogP contribution in [0.25, 0.3) is 0 Å². The van der Waals surface area contributed by atoms with E-state index in [2.05, 4.69) is 22.5 Å². The number of guanidine groups is 1. The Morgan fingerprint density at radius 1 is 1.30 bits per heavy atom. The highest BCUT2D eigenvalue weighted by molar-refractivity contribution is 14.0. The Balaban J connectivity index is 0.00000364. The van der Waals surface area contributed by atoms with Crippen molar-refractivity contribution in [1.82, 2.24) is 15.6 Å². The fourth-order valence-corrected chi connectivity index (χ4v) is 3.11. The topological polar surface area (TPSA) is 67.8 Å². The maximum Gasteiger partial charge on any atom is 0.213 e. The molecule has 0 spiro atoms. The summed E-state index contributed by atoms with van der Waals surface area (Å²) >= 11 is 0. The van der Waals surface area contributed by atoms with Gasteiger partial charge in [0.1, 0.15) is 0 Å². The van der Waals surface area contributed by atoms with Crippen molar-refractivity contribution in [3.8, 4) is 5.88 Å². The maximum absolute atomic E-state index is 5.58. The Bertz CT molecular complexity index is 560. The largest absolute Gasteiger partial charge is 0.475 e. The number of rotatable bonds is 10. The molecule has 2 rings (SSSR count). The first-order valence-corrected chi connectivity index (χ1v) is 9.69. The zero-order chi connectivity index (χ0) is 18.8. The third-order valence-electron chi connectivity index (χ3n) is 4.80. The molecule has 0 unspecified atom stereocenters. The molecule has 1 aromatic heterocycles. The quantitative estimate of drug-likeness (QED) is 0.297. The molecule has 0 saturated heterocycles. The molecule has 1 aliphatic carbocycles. The predicted octanol–water partition coefficient (Wildman–Crippen LogP) is 3.75. The van der Waals surface area contributed by atoms with E-state index in [0.717, 1.165) is 37.6 Å². The molecule has 0 bridgehead atoms. The molecule has 154 valence electrons. The first-order chi connectivity index (χ1) is 12.6. The Morgan fingerprint density at radius 2 is 2.07 bits per heavy atom. The highest BCUT2D eigenvalue weighted by Gasteiger charge is 2.36. The van der Waals surface area contributed by atoms with E-state index in [-0.39, 0.29) is 30.1 Å². The van der Waals surface area contributed by atoms with E-state index < -0.39 is 0 Å². The highest BCUT2D eigenvalue weighted by atomic mass is 127. The second-order valence-electron chi connectivity index (χ2n) is 7.32. The van der Waals surface area contributed by atoms with Crippen molar-refractivity contribution in [2.45, 2.75) is 59.1 Å². The lowest BCUT2D eigenvalue weighted by Gasteiger charge is -2.42. The van der Waals surface area contributed by atoms with Gasteiger partial charge in [-0.05, 0) is 51.0 Å². The maximum atomic E-state index is 5.58. The zero-order valence-electron chi connectivity index (χ0n) is 17.1. The van der Waals surface area contributed by atoms with E-state index in [1.54, 1.807) is 7.11 Å². The minimum atomic E-state index is 0. The van der Waals surface area contributed by atoms with E-state index in [1.165, 1.54) is 19.3 Å². The Labute approximate surface area is 180 Å². The monoisotopic (exact) mass is 490 g/mol. The van der Waals surface area contributed by atoms with Gasteiger partial charge in [0.15, 0.2) is 5.96 Å². The molecule has 1 fully saturated rings. The number of aliphatic imine (C=N–C) groups is 1. The Kier molecular flexibility index (Phi) is 11.0. The van der Waals surface area contributed by atoms with Crippen molar-refractivity contribution >= 4 is 29.9 Å². The normalized spacial score (nSPS) is 15.7. The second kappa shape index (κ2) is 12.4. The molecule has 1 saturated carbocycles. The first kappa shape index (κ1) is 23.9. The van der Waals surface area contributed by atoms with Crippen molar-refractivity contribution in [3.63, 3.8) is 0 Å². The van der Waals surface area contributed by atoms with Gasteiger partial charge in [-0.3, -0.25) is 0 Å². The van der Waals surface area contributed by atoms with Gasteiger partial charge in [0.25, 0.3) is 0 Å². The highest BCUT2D eigenvalue weighted by Crippen LogP contribution is 2.43. The van der Waals surface area contributed by atoms with Gasteiger partial charge in [-0.2, -0.15) is 0 Å². The Morgan fingerprint density at radius 3 is 2.59 bits per heavy atom. The van der Waals surface area contributed by atoms with Crippen LogP contribution in [0.15, 0.2) is 23.3 Å². The van der Waals surface area contributed by atoms with Crippen LogP contribution in [0.5, 0.6) is 5.88 Å². The second-order valence-corrected chi connectivity index (χ2v) is 7.32. The minimum Gasteiger partial charge on any atom is -0.475 e. The van der Waals surface area contributed by atoms with Gasteiger partial charge in [-0.25, -0.2) is 9.98 Å². The van der Waals surface area contributed by atoms with Crippen molar-refractivity contribution in [3.05, 3.63) is 23.9 Å². The van der Waals surface area contributed by atoms with Gasteiger partial charge >= 0.3 is 0 Å². The summed E-state index contributed by atoms with van der Waals surface area (Å²) in [5, 5.41) is 6.85. The SMILES string of the molecule is CCNC(=NCc1ccc(OC(C)C)nc1)NCC1(CCOC)CCC1.I. The Hall–Kier alpha value is -1.09. The smallest absolute Gasteiger partial charge is 0.213 e. The predicted molar refractivity (Wildman–Crippen MR) is 121 cm³/mol. The van der Waals surface area contributed by atoms with E-state index in [0.29, 0.717) is 17.8 Å². The van der Waals surface area contributed by atoms with Gasteiger partial charge in [-0.15, -0.1) is 24.0 Å². The summed E-state index contributed by atoms with van der Waals surface area (Å²) in [6, 6.07) is 3.92. The number of ether oxygens (including phenoxy) is 2. The van der Waals surface area contributed by atoms with Gasteiger partial charge < -0.3 is 20.1 Å². The average molecular weight is 490 g/mol. The molecule has 6 nitrogen and oxygen atoms in total. The lowest BCUT2D eigenvalue weighted by atomic mass is 9.67. The van der Waals surface area contributed by atoms with E-state index in [9.17, 15) is 0 Å². The number of nitrogens with zero attached hydrogens (tertiary/aromatic N) is 2. The molecule has 1 aromatic rings. The van der Waals surface area contributed by atoms with E-state index >= 15 is 0 Å². The number of halogens is 1. The number of aromatic nitrogens is 1. The van der Waals surface area contributed by atoms with Crippen molar-refractivity contribution in [2.75, 3.05) is 26.8 Å². The molecular weight excluding hydrogens is 455 g/mol. The first-order valence-electron chi connectivity index (χ1n) is 9.69. The standard InChI is InChI=1S/C20H34N4O2.HI/c1-5-21-19(24-15-20(9-6-10-20)11-12-25-4)23-14-17-7-8-18(22-13-17)26-16(2)3;/h7-8,13,16H,5-6,9-12,14-15H2,1-4H3,(H2,21,23,24);1H. The average Bonchev–Trinajstić information content (AvgIpc) is 2.59. The van der Waals surface area contributed by atoms with Gasteiger partial charge in [-0.1, -0.05) is 12.5 Å². The van der Waals surface area contributed by atoms with Crippen molar-refractivity contribution in [2.24, 2.45) is 10.4 Å². The van der Waals surface area contributed by atoms with Crippen LogP contribution >= 0.6 is 24.0 Å². The molecule has 0 aliphatic heterocycles. The molecule has 2 N–H and O–H groups in total. The fourth-order valence-electron chi connectivity index (χ4n) is 3.11. The number of methoxy groups -OCH3 is 1. The summed E-state index contributed by atoms with van der Waals surface area (Å²) in [5.74, 6) is 1.52. The van der Waals surface area contributed by atoms with E-state index in [1.807, 2.05) is 32.2 Å². The van der Waals surface area contributed by atoms with Gasteiger partial charge in [0.05, 0.1) is 12.6 Å². The van der Waals surface area contributed by atoms with Crippen LogP contribution in [0.2, 0.25) is 0 Å². The molecule has 27 heavy (non-hydrogen) atoms. The zero-order valence-corrected chi connectivity index (χ0v) is 19.4. The van der Waals surface area contributed by atoms with Gasteiger partial charge in [0, 0.05) is 39.1 Å². The lowest BCUT2D eigenvalue weighted by molar-refractivity contribution is 0.0732. The summed E-state index contributed by atoms with van der Waals surface area (Å²) in [7, 11) is 1.77. The summed E-state index contributed by atoms with van der Waals surface area (Å²) in [6.07, 6.45) is 6.92. The molecule has 0 aromatic carbocycles. The molecule has 7 heteroatoms. The molecule has 0 radical (unpaired) electrons. The summed E-state index contributed by atoms with van der Waals surface area (Å²) in [5.41, 5.74) is 1.43. The molecular formula is C20H35IN4O2. The number of hydrogen-bond donors (Lipinski definition) is 2. The molecule has 1 aliphatic rings. The van der Waals surface area contributed by atoms with Gasteiger partial charge in [0.2, 0.25) is 5.88 Å². The summed E-state index contributed by atoms with van der Waals surface area (Å²) in [4.78, 5) is 9.04. The number of nitrogens with one attached hydrogen (secondary N) is 2. The van der Waals surface area contributed by atoms with Crippen LogP contribution in [0.1, 0.15) is 52.0 Å². The van der Waals surface area contributed by atoms with Crippen LogP contribution in [-0.4, -0.2) is 43.9 Å². The third-order valence-corrected chi connectivity index (χ3v) is 4.80. The number of pyridine rings is 1.